The summed E-state index contributed by atoms with van der Waals surface area (Å²) in [6, 6.07) is 8.83. The topological polar surface area (TPSA) is 45.0 Å². The van der Waals surface area contributed by atoms with Gasteiger partial charge in [0.1, 0.15) is 11.3 Å². The molecule has 0 aromatic heterocycles. The molecule has 1 atom stereocenters. The molecule has 1 aromatic carbocycles. The Morgan fingerprint density at radius 3 is 2.83 bits per heavy atom. The molecule has 18 heavy (non-hydrogen) atoms. The van der Waals surface area contributed by atoms with Crippen molar-refractivity contribution in [3.63, 3.8) is 0 Å². The molecule has 0 aliphatic heterocycles. The summed E-state index contributed by atoms with van der Waals surface area (Å²) < 4.78 is 5.29. The maximum absolute atomic E-state index is 9.65. The van der Waals surface area contributed by atoms with E-state index < -0.39 is 5.54 Å². The van der Waals surface area contributed by atoms with Crippen LogP contribution in [0.3, 0.4) is 0 Å². The van der Waals surface area contributed by atoms with E-state index in [1.54, 1.807) is 7.11 Å². The number of aryl methyl sites for hydroxylation is 1. The molecule has 3 nitrogen and oxygen atoms in total. The fraction of sp³-hybridized carbons (Fsp3) is 0.533. The Morgan fingerprint density at radius 2 is 2.22 bits per heavy atom. The van der Waals surface area contributed by atoms with Crippen LogP contribution >= 0.6 is 0 Å². The van der Waals surface area contributed by atoms with Crippen LogP contribution in [-0.2, 0) is 12.0 Å². The van der Waals surface area contributed by atoms with Crippen LogP contribution in [0.5, 0.6) is 5.75 Å². The van der Waals surface area contributed by atoms with Gasteiger partial charge in [0.05, 0.1) is 13.2 Å². The number of methoxy groups -OCH3 is 1. The molecule has 0 bridgehead atoms. The minimum atomic E-state index is -0.559. The first-order valence-corrected chi connectivity index (χ1v) is 6.47. The van der Waals surface area contributed by atoms with E-state index in [9.17, 15) is 5.26 Å². The fourth-order valence-corrected chi connectivity index (χ4v) is 2.77. The van der Waals surface area contributed by atoms with Gasteiger partial charge in [0.25, 0.3) is 0 Å². The van der Waals surface area contributed by atoms with Crippen LogP contribution in [0.2, 0.25) is 0 Å². The summed E-state index contributed by atoms with van der Waals surface area (Å²) >= 11 is 0. The van der Waals surface area contributed by atoms with Crippen molar-refractivity contribution in [3.05, 3.63) is 29.3 Å². The van der Waals surface area contributed by atoms with Crippen LogP contribution in [0.1, 0.15) is 37.8 Å². The normalized spacial score (nSPS) is 22.4. The zero-order valence-corrected chi connectivity index (χ0v) is 11.3. The lowest BCUT2D eigenvalue weighted by atomic mass is 9.77. The molecule has 0 spiro atoms. The summed E-state index contributed by atoms with van der Waals surface area (Å²) in [7, 11) is 1.66. The van der Waals surface area contributed by atoms with Gasteiger partial charge in [-0.05, 0) is 56.4 Å². The number of ether oxygens (including phenoxy) is 1. The average molecular weight is 244 g/mol. The van der Waals surface area contributed by atoms with Crippen LogP contribution in [0.15, 0.2) is 18.2 Å². The average Bonchev–Trinajstić information content (AvgIpc) is 2.38. The van der Waals surface area contributed by atoms with E-state index in [-0.39, 0.29) is 6.04 Å². The van der Waals surface area contributed by atoms with E-state index in [0.29, 0.717) is 0 Å². The largest absolute Gasteiger partial charge is 0.497 e. The van der Waals surface area contributed by atoms with E-state index in [0.717, 1.165) is 30.6 Å². The number of fused-ring (bicyclic) bond motifs is 1. The first-order valence-electron chi connectivity index (χ1n) is 6.47. The van der Waals surface area contributed by atoms with Gasteiger partial charge < -0.3 is 4.74 Å². The number of benzene rings is 1. The Labute approximate surface area is 109 Å². The van der Waals surface area contributed by atoms with Crippen molar-refractivity contribution in [1.82, 2.24) is 5.32 Å². The van der Waals surface area contributed by atoms with Gasteiger partial charge in [0.15, 0.2) is 0 Å². The summed E-state index contributed by atoms with van der Waals surface area (Å²) in [6.07, 6.45) is 2.96. The molecule has 96 valence electrons. The van der Waals surface area contributed by atoms with Gasteiger partial charge in [0, 0.05) is 6.04 Å². The monoisotopic (exact) mass is 244 g/mol. The van der Waals surface area contributed by atoms with Gasteiger partial charge in [-0.1, -0.05) is 6.07 Å². The van der Waals surface area contributed by atoms with Gasteiger partial charge in [0.2, 0.25) is 0 Å². The van der Waals surface area contributed by atoms with Gasteiger partial charge >= 0.3 is 0 Å². The lowest BCUT2D eigenvalue weighted by molar-refractivity contribution is 0.335. The number of hydrogen-bond acceptors (Lipinski definition) is 3. The molecule has 3 heteroatoms. The predicted molar refractivity (Wildman–Crippen MR) is 71.5 cm³/mol. The van der Waals surface area contributed by atoms with Crippen LogP contribution < -0.4 is 10.1 Å². The van der Waals surface area contributed by atoms with Crippen molar-refractivity contribution in [1.29, 1.82) is 5.26 Å². The molecule has 1 unspecified atom stereocenters. The number of nitriles is 1. The highest BCUT2D eigenvalue weighted by molar-refractivity contribution is 5.45. The van der Waals surface area contributed by atoms with Crippen molar-refractivity contribution in [2.24, 2.45) is 0 Å². The predicted octanol–water partition coefficient (Wildman–Crippen LogP) is 2.75. The van der Waals surface area contributed by atoms with Gasteiger partial charge in [-0.2, -0.15) is 5.26 Å². The van der Waals surface area contributed by atoms with Crippen LogP contribution in [0.4, 0.5) is 0 Å². The molecule has 1 aliphatic rings. The molecule has 0 radical (unpaired) electrons. The Balaban J connectivity index is 2.50. The van der Waals surface area contributed by atoms with E-state index in [4.69, 9.17) is 4.74 Å². The summed E-state index contributed by atoms with van der Waals surface area (Å²) in [6.45, 7) is 4.15. The molecule has 2 rings (SSSR count). The van der Waals surface area contributed by atoms with Crippen molar-refractivity contribution in [2.45, 2.75) is 44.7 Å². The molecule has 0 saturated heterocycles. The number of rotatable bonds is 3. The second-order valence-corrected chi connectivity index (χ2v) is 5.19. The number of nitrogens with one attached hydrogen (secondary N) is 1. The van der Waals surface area contributed by atoms with Crippen molar-refractivity contribution in [2.75, 3.05) is 7.11 Å². The van der Waals surface area contributed by atoms with E-state index in [1.165, 1.54) is 5.56 Å². The Kier molecular flexibility index (Phi) is 3.58. The smallest absolute Gasteiger partial charge is 0.132 e. The summed E-state index contributed by atoms with van der Waals surface area (Å²) in [5, 5.41) is 13.1. The molecule has 0 amide bonds. The Bertz CT molecular complexity index is 476. The third-order valence-electron chi connectivity index (χ3n) is 3.50. The summed E-state index contributed by atoms with van der Waals surface area (Å²) in [5.41, 5.74) is 1.79. The lowest BCUT2D eigenvalue weighted by Gasteiger charge is -2.36. The Morgan fingerprint density at radius 1 is 1.44 bits per heavy atom. The SMILES string of the molecule is COc1ccc2c(c1)C(C#N)(NC(C)C)CCC2. The van der Waals surface area contributed by atoms with Crippen LogP contribution in [0, 0.1) is 11.3 Å². The van der Waals surface area contributed by atoms with Crippen LogP contribution in [0.25, 0.3) is 0 Å². The highest BCUT2D eigenvalue weighted by Gasteiger charge is 2.37. The quantitative estimate of drug-likeness (QED) is 0.889. The lowest BCUT2D eigenvalue weighted by Crippen LogP contribution is -2.47. The van der Waals surface area contributed by atoms with Crippen molar-refractivity contribution in [3.8, 4) is 11.8 Å². The van der Waals surface area contributed by atoms with E-state index in [2.05, 4.69) is 31.3 Å². The zero-order chi connectivity index (χ0) is 13.2. The van der Waals surface area contributed by atoms with Crippen molar-refractivity contribution >= 4 is 0 Å². The summed E-state index contributed by atoms with van der Waals surface area (Å²) in [5.74, 6) is 0.820. The zero-order valence-electron chi connectivity index (χ0n) is 11.3. The molecule has 0 fully saturated rings. The molecule has 1 aromatic rings. The minimum Gasteiger partial charge on any atom is -0.497 e. The molecular weight excluding hydrogens is 224 g/mol. The molecular formula is C15H20N2O. The van der Waals surface area contributed by atoms with Gasteiger partial charge in [-0.3, -0.25) is 5.32 Å². The molecule has 1 aliphatic carbocycles. The highest BCUT2D eigenvalue weighted by atomic mass is 16.5. The van der Waals surface area contributed by atoms with Crippen LogP contribution in [-0.4, -0.2) is 13.2 Å². The molecule has 0 saturated carbocycles. The minimum absolute atomic E-state index is 0.279. The molecule has 1 N–H and O–H groups in total. The third-order valence-corrected chi connectivity index (χ3v) is 3.50. The van der Waals surface area contributed by atoms with E-state index >= 15 is 0 Å². The maximum Gasteiger partial charge on any atom is 0.132 e. The van der Waals surface area contributed by atoms with E-state index in [1.807, 2.05) is 12.1 Å². The summed E-state index contributed by atoms with van der Waals surface area (Å²) in [4.78, 5) is 0. The fourth-order valence-electron chi connectivity index (χ4n) is 2.77. The first kappa shape index (κ1) is 12.9. The third kappa shape index (κ3) is 2.21. The van der Waals surface area contributed by atoms with Crippen molar-refractivity contribution < 1.29 is 4.74 Å². The maximum atomic E-state index is 9.65. The Hall–Kier alpha value is -1.53. The number of nitrogens with zero attached hydrogens (tertiary/aromatic N) is 1. The molecule has 0 heterocycles. The van der Waals surface area contributed by atoms with Gasteiger partial charge in [-0.15, -0.1) is 0 Å². The second-order valence-electron chi connectivity index (χ2n) is 5.19. The first-order chi connectivity index (χ1) is 8.61. The highest BCUT2D eigenvalue weighted by Crippen LogP contribution is 2.37. The number of hydrogen-bond donors (Lipinski definition) is 1. The standard InChI is InChI=1S/C15H20N2O/c1-11(2)17-15(10-16)8-4-5-12-6-7-13(18-3)9-14(12)15/h6-7,9,11,17H,4-5,8H2,1-3H3. The second kappa shape index (κ2) is 4.99. The van der Waals surface area contributed by atoms with Gasteiger partial charge in [-0.25, -0.2) is 0 Å².